The third-order valence-corrected chi connectivity index (χ3v) is 7.50. The van der Waals surface area contributed by atoms with Crippen LogP contribution in [0.1, 0.15) is 38.5 Å². The van der Waals surface area contributed by atoms with E-state index >= 15 is 0 Å². The number of fused-ring (bicyclic) bond motifs is 1. The fourth-order valence-electron chi connectivity index (χ4n) is 5.56. The molecule has 30 heavy (non-hydrogen) atoms. The summed E-state index contributed by atoms with van der Waals surface area (Å²) >= 11 is 0. The molecule has 2 saturated heterocycles. The van der Waals surface area contributed by atoms with E-state index < -0.39 is 12.0 Å². The van der Waals surface area contributed by atoms with Gasteiger partial charge in [-0.05, 0) is 32.2 Å². The van der Waals surface area contributed by atoms with Crippen LogP contribution < -0.4 is 14.4 Å². The molecule has 1 spiro atoms. The van der Waals surface area contributed by atoms with E-state index in [1.54, 1.807) is 0 Å². The Kier molecular flexibility index (Phi) is 3.91. The number of anilines is 1. The van der Waals surface area contributed by atoms with Crippen LogP contribution in [0.25, 0.3) is 10.9 Å². The Labute approximate surface area is 173 Å². The highest BCUT2D eigenvalue weighted by Crippen LogP contribution is 2.49. The molecule has 2 atom stereocenters. The average molecular weight is 417 g/mol. The number of hydrogen-bond acceptors (Lipinski definition) is 7. The minimum absolute atomic E-state index is 0.0175. The van der Waals surface area contributed by atoms with Gasteiger partial charge >= 0.3 is 6.01 Å². The van der Waals surface area contributed by atoms with Gasteiger partial charge in [0.25, 0.3) is 0 Å². The van der Waals surface area contributed by atoms with Crippen LogP contribution in [0.3, 0.4) is 0 Å². The van der Waals surface area contributed by atoms with Crippen molar-refractivity contribution < 1.29 is 18.3 Å². The summed E-state index contributed by atoms with van der Waals surface area (Å²) in [5.41, 5.74) is -0.172. The highest BCUT2D eigenvalue weighted by atomic mass is 19.1. The molecule has 2 aromatic rings. The van der Waals surface area contributed by atoms with E-state index in [-0.39, 0.29) is 22.6 Å². The van der Waals surface area contributed by atoms with Crippen LogP contribution in [0.4, 0.5) is 14.6 Å². The largest absolute Gasteiger partial charge is 0.477 e. The molecule has 5 heterocycles. The number of hydrogen-bond donors (Lipinski definition) is 0. The van der Waals surface area contributed by atoms with Crippen molar-refractivity contribution in [3.63, 3.8) is 0 Å². The van der Waals surface area contributed by atoms with Gasteiger partial charge < -0.3 is 14.4 Å². The van der Waals surface area contributed by atoms with Gasteiger partial charge in [-0.15, -0.1) is 0 Å². The highest BCUT2D eigenvalue weighted by molar-refractivity contribution is 5.94. The maximum absolute atomic E-state index is 14.7. The van der Waals surface area contributed by atoms with E-state index in [1.165, 1.54) is 0 Å². The molecule has 0 aromatic carbocycles. The second-order valence-electron chi connectivity index (χ2n) is 9.21. The summed E-state index contributed by atoms with van der Waals surface area (Å²) in [4.78, 5) is 17.5. The van der Waals surface area contributed by atoms with Crippen molar-refractivity contribution in [2.45, 2.75) is 55.8 Å². The van der Waals surface area contributed by atoms with E-state index in [0.29, 0.717) is 43.3 Å². The topological polar surface area (TPSA) is 63.6 Å². The summed E-state index contributed by atoms with van der Waals surface area (Å²) in [6.45, 7) is 2.18. The van der Waals surface area contributed by atoms with Crippen LogP contribution in [0.15, 0.2) is 6.20 Å². The molecule has 0 unspecified atom stereocenters. The molecule has 3 fully saturated rings. The smallest absolute Gasteiger partial charge is 0.319 e. The van der Waals surface area contributed by atoms with Crippen LogP contribution in [-0.4, -0.2) is 70.5 Å². The summed E-state index contributed by atoms with van der Waals surface area (Å²) in [6, 6.07) is 0.125. The molecule has 7 nitrogen and oxygen atoms in total. The average Bonchev–Trinajstić information content (AvgIpc) is 3.32. The second-order valence-corrected chi connectivity index (χ2v) is 9.21. The number of nitrogens with zero attached hydrogens (tertiary/aromatic N) is 5. The first-order valence-corrected chi connectivity index (χ1v) is 10.7. The summed E-state index contributed by atoms with van der Waals surface area (Å²) in [5.74, 6) is 0.409. The van der Waals surface area contributed by atoms with Gasteiger partial charge in [0.2, 0.25) is 5.88 Å². The first-order chi connectivity index (χ1) is 14.5. The Balaban J connectivity index is 1.40. The molecular weight excluding hydrogens is 392 g/mol. The fourth-order valence-corrected chi connectivity index (χ4v) is 5.56. The van der Waals surface area contributed by atoms with Crippen molar-refractivity contribution in [1.29, 1.82) is 0 Å². The van der Waals surface area contributed by atoms with Gasteiger partial charge in [-0.3, -0.25) is 4.90 Å². The second kappa shape index (κ2) is 6.35. The summed E-state index contributed by atoms with van der Waals surface area (Å²) in [6.07, 6.45) is 5.65. The SMILES string of the molecule is CN1c2nc(OC[C@@]34CCCN3C[C@H](F)C4)nc3c(F)cnc(c23)OCCC12CC2. The summed E-state index contributed by atoms with van der Waals surface area (Å²) < 4.78 is 40.7. The predicted octanol–water partition coefficient (Wildman–Crippen LogP) is 2.87. The van der Waals surface area contributed by atoms with Crippen LogP contribution in [0.2, 0.25) is 0 Å². The van der Waals surface area contributed by atoms with Crippen molar-refractivity contribution >= 4 is 16.7 Å². The molecule has 0 N–H and O–H groups in total. The van der Waals surface area contributed by atoms with Gasteiger partial charge in [-0.25, -0.2) is 13.8 Å². The molecule has 2 aromatic heterocycles. The quantitative estimate of drug-likeness (QED) is 0.761. The Morgan fingerprint density at radius 2 is 2.13 bits per heavy atom. The summed E-state index contributed by atoms with van der Waals surface area (Å²) in [5, 5.41) is 0.487. The first kappa shape index (κ1) is 18.5. The Hall–Kier alpha value is -2.29. The van der Waals surface area contributed by atoms with Gasteiger partial charge in [0, 0.05) is 32.0 Å². The van der Waals surface area contributed by atoms with E-state index in [1.807, 2.05) is 7.05 Å². The molecule has 3 aliphatic heterocycles. The molecule has 0 bridgehead atoms. The molecule has 1 saturated carbocycles. The van der Waals surface area contributed by atoms with Gasteiger partial charge in [-0.1, -0.05) is 0 Å². The molecule has 1 aliphatic carbocycles. The van der Waals surface area contributed by atoms with Crippen LogP contribution in [0, 0.1) is 5.82 Å². The first-order valence-electron chi connectivity index (χ1n) is 10.7. The molecule has 9 heteroatoms. The normalized spacial score (nSPS) is 29.6. The zero-order valence-electron chi connectivity index (χ0n) is 17.0. The van der Waals surface area contributed by atoms with E-state index in [9.17, 15) is 8.78 Å². The van der Waals surface area contributed by atoms with Gasteiger partial charge in [-0.2, -0.15) is 9.97 Å². The minimum atomic E-state index is -0.830. The molecule has 160 valence electrons. The third kappa shape index (κ3) is 2.67. The lowest BCUT2D eigenvalue weighted by Gasteiger charge is -2.33. The van der Waals surface area contributed by atoms with Crippen molar-refractivity contribution in [2.24, 2.45) is 0 Å². The van der Waals surface area contributed by atoms with Gasteiger partial charge in [0.15, 0.2) is 5.82 Å². The number of rotatable bonds is 3. The number of ether oxygens (including phenoxy) is 2. The molecular formula is C21H25F2N5O2. The third-order valence-electron chi connectivity index (χ3n) is 7.50. The van der Waals surface area contributed by atoms with Gasteiger partial charge in [0.1, 0.15) is 29.5 Å². The predicted molar refractivity (Wildman–Crippen MR) is 106 cm³/mol. The van der Waals surface area contributed by atoms with Crippen molar-refractivity contribution in [1.82, 2.24) is 19.9 Å². The van der Waals surface area contributed by atoms with Crippen LogP contribution in [0.5, 0.6) is 11.9 Å². The lowest BCUT2D eigenvalue weighted by atomic mass is 9.95. The molecule has 4 aliphatic rings. The lowest BCUT2D eigenvalue weighted by Crippen LogP contribution is -2.43. The number of aromatic nitrogens is 3. The molecule has 0 radical (unpaired) electrons. The molecule has 0 amide bonds. The van der Waals surface area contributed by atoms with Crippen molar-refractivity contribution in [3.05, 3.63) is 12.0 Å². The van der Waals surface area contributed by atoms with Crippen LogP contribution in [-0.2, 0) is 0 Å². The van der Waals surface area contributed by atoms with Crippen molar-refractivity contribution in [2.75, 3.05) is 38.3 Å². The maximum atomic E-state index is 14.7. The standard InChI is InChI=1S/C21H25F2N5O2/c1-27-17-15-16(14(23)10-24-18(15)29-8-6-20(27)4-5-20)25-19(26-17)30-12-21-3-2-7-28(21)11-13(22)9-21/h10,13H,2-9,11-12H2,1H3/t13-,21+/m1/s1. The van der Waals surface area contributed by atoms with E-state index in [2.05, 4.69) is 24.8 Å². The maximum Gasteiger partial charge on any atom is 0.319 e. The Bertz CT molecular complexity index is 1020. The molecule has 6 rings (SSSR count). The zero-order chi connectivity index (χ0) is 20.5. The van der Waals surface area contributed by atoms with Crippen molar-refractivity contribution in [3.8, 4) is 11.9 Å². The number of pyridine rings is 1. The fraction of sp³-hybridized carbons (Fsp3) is 0.667. The number of halogens is 2. The van der Waals surface area contributed by atoms with E-state index in [0.717, 1.165) is 44.8 Å². The van der Waals surface area contributed by atoms with Gasteiger partial charge in [0.05, 0.1) is 18.3 Å². The minimum Gasteiger partial charge on any atom is -0.477 e. The monoisotopic (exact) mass is 417 g/mol. The lowest BCUT2D eigenvalue weighted by molar-refractivity contribution is 0.107. The highest BCUT2D eigenvalue weighted by Gasteiger charge is 2.50. The Morgan fingerprint density at radius 1 is 1.27 bits per heavy atom. The number of alkyl halides is 1. The zero-order valence-corrected chi connectivity index (χ0v) is 17.0. The van der Waals surface area contributed by atoms with E-state index in [4.69, 9.17) is 9.47 Å². The Morgan fingerprint density at radius 3 is 2.97 bits per heavy atom. The summed E-state index contributed by atoms with van der Waals surface area (Å²) in [7, 11) is 1.99. The van der Waals surface area contributed by atoms with Crippen LogP contribution >= 0.6 is 0 Å².